The molecule has 0 radical (unpaired) electrons. The van der Waals surface area contributed by atoms with Crippen molar-refractivity contribution in [2.75, 3.05) is 6.61 Å². The molecule has 0 aromatic heterocycles. The normalized spacial score (nSPS) is 19.1. The van der Waals surface area contributed by atoms with Crippen molar-refractivity contribution in [1.29, 1.82) is 0 Å². The molecule has 0 aromatic rings. The van der Waals surface area contributed by atoms with E-state index >= 15 is 0 Å². The molecule has 0 N–H and O–H groups in total. The van der Waals surface area contributed by atoms with Crippen LogP contribution in [-0.4, -0.2) is 12.4 Å². The average Bonchev–Trinajstić information content (AvgIpc) is 1.69. The smallest absolute Gasteiger partial charge is 0.174 e. The minimum Gasteiger partial charge on any atom is -0.494 e. The first kappa shape index (κ1) is 4.37. The lowest BCUT2D eigenvalue weighted by Crippen LogP contribution is -2.07. The summed E-state index contributed by atoms with van der Waals surface area (Å²) in [5.41, 5.74) is 0. The molecule has 0 bridgehead atoms. The number of rotatable bonds is 0. The maximum Gasteiger partial charge on any atom is 0.174 e. The molecule has 0 aromatic carbocycles. The van der Waals surface area contributed by atoms with Gasteiger partial charge in [-0.25, -0.2) is 0 Å². The molecule has 0 unspecified atom stereocenters. The molecule has 7 heavy (non-hydrogen) atoms. The van der Waals surface area contributed by atoms with Gasteiger partial charge in [-0.2, -0.15) is 0 Å². The van der Waals surface area contributed by atoms with Crippen LogP contribution in [0.3, 0.4) is 0 Å². The van der Waals surface area contributed by atoms with Crippen molar-refractivity contribution < 1.29 is 9.53 Å². The van der Waals surface area contributed by atoms with E-state index in [9.17, 15) is 4.79 Å². The summed E-state index contributed by atoms with van der Waals surface area (Å²) in [7, 11) is 0. The van der Waals surface area contributed by atoms with Gasteiger partial charge in [0, 0.05) is 6.42 Å². The van der Waals surface area contributed by atoms with Crippen molar-refractivity contribution in [3.63, 3.8) is 0 Å². The van der Waals surface area contributed by atoms with E-state index in [-0.39, 0.29) is 12.4 Å². The average molecular weight is 98.1 g/mol. The fraction of sp³-hybridized carbons (Fsp3) is 0.400. The molecule has 38 valence electrons. The van der Waals surface area contributed by atoms with Crippen molar-refractivity contribution in [2.24, 2.45) is 0 Å². The maximum absolute atomic E-state index is 10.3. The summed E-state index contributed by atoms with van der Waals surface area (Å²) < 4.78 is 4.65. The largest absolute Gasteiger partial charge is 0.494 e. The third-order valence-corrected chi connectivity index (χ3v) is 0.782. The van der Waals surface area contributed by atoms with Crippen molar-refractivity contribution >= 4 is 5.78 Å². The molecule has 0 fully saturated rings. The first-order valence-electron chi connectivity index (χ1n) is 2.18. The first-order chi connectivity index (χ1) is 3.39. The van der Waals surface area contributed by atoms with E-state index in [1.807, 2.05) is 0 Å². The van der Waals surface area contributed by atoms with Gasteiger partial charge < -0.3 is 4.74 Å². The minimum atomic E-state index is 0.155. The highest BCUT2D eigenvalue weighted by Gasteiger charge is 2.00. The van der Waals surface area contributed by atoms with Gasteiger partial charge >= 0.3 is 0 Å². The van der Waals surface area contributed by atoms with Crippen LogP contribution in [0.25, 0.3) is 0 Å². The van der Waals surface area contributed by atoms with E-state index in [4.69, 9.17) is 0 Å². The third kappa shape index (κ3) is 1.03. The van der Waals surface area contributed by atoms with Crippen LogP contribution < -0.4 is 0 Å². The van der Waals surface area contributed by atoms with Gasteiger partial charge in [-0.1, -0.05) is 0 Å². The lowest BCUT2D eigenvalue weighted by Gasteiger charge is -2.01. The van der Waals surface area contributed by atoms with Gasteiger partial charge in [0.05, 0.1) is 6.26 Å². The summed E-state index contributed by atoms with van der Waals surface area (Å²) in [5, 5.41) is 0. The van der Waals surface area contributed by atoms with Gasteiger partial charge in [0.1, 0.15) is 6.61 Å². The Morgan fingerprint density at radius 2 is 2.57 bits per heavy atom. The van der Waals surface area contributed by atoms with E-state index < -0.39 is 0 Å². The predicted molar refractivity (Wildman–Crippen MR) is 24.7 cm³/mol. The number of hydrogen-bond donors (Lipinski definition) is 0. The molecule has 1 aliphatic heterocycles. The van der Waals surface area contributed by atoms with Gasteiger partial charge in [0.25, 0.3) is 0 Å². The van der Waals surface area contributed by atoms with E-state index in [1.165, 1.54) is 0 Å². The number of allylic oxidation sites excluding steroid dienone is 1. The number of hydrogen-bond acceptors (Lipinski definition) is 2. The molecule has 0 atom stereocenters. The number of carbonyl (C=O) groups excluding carboxylic acids is 1. The molecular weight excluding hydrogens is 92.1 g/mol. The van der Waals surface area contributed by atoms with E-state index in [0.717, 1.165) is 0 Å². The van der Waals surface area contributed by atoms with Gasteiger partial charge in [-0.05, 0) is 6.08 Å². The lowest BCUT2D eigenvalue weighted by molar-refractivity contribution is -0.121. The van der Waals surface area contributed by atoms with Crippen LogP contribution in [0.5, 0.6) is 0 Å². The monoisotopic (exact) mass is 98.0 g/mol. The van der Waals surface area contributed by atoms with E-state index in [0.29, 0.717) is 6.42 Å². The van der Waals surface area contributed by atoms with Crippen LogP contribution in [0.2, 0.25) is 0 Å². The summed E-state index contributed by atoms with van der Waals surface area (Å²) in [5.74, 6) is 0.155. The summed E-state index contributed by atoms with van der Waals surface area (Å²) in [6.45, 7) is 0.260. The second-order valence-corrected chi connectivity index (χ2v) is 1.43. The molecular formula is C5H6O2. The van der Waals surface area contributed by atoms with Crippen molar-refractivity contribution in [3.8, 4) is 0 Å². The maximum atomic E-state index is 10.3. The third-order valence-electron chi connectivity index (χ3n) is 0.782. The number of Topliss-reactive ketones (excluding diaryl/α,β-unsaturated/α-hetero) is 1. The zero-order valence-electron chi connectivity index (χ0n) is 3.89. The number of ether oxygens (including phenoxy) is 1. The zero-order chi connectivity index (χ0) is 5.11. The Balaban J connectivity index is 2.47. The molecule has 1 heterocycles. The highest BCUT2D eigenvalue weighted by Crippen LogP contribution is 1.94. The minimum absolute atomic E-state index is 0.155. The van der Waals surface area contributed by atoms with Crippen LogP contribution in [-0.2, 0) is 9.53 Å². The van der Waals surface area contributed by atoms with Crippen LogP contribution >= 0.6 is 0 Å². The predicted octanol–water partition coefficient (Wildman–Crippen LogP) is 0.489. The van der Waals surface area contributed by atoms with Crippen LogP contribution in [0, 0.1) is 0 Å². The SMILES string of the molecule is O=C1CC=COC1. The molecule has 1 rings (SSSR count). The summed E-state index contributed by atoms with van der Waals surface area (Å²) in [4.78, 5) is 10.3. The summed E-state index contributed by atoms with van der Waals surface area (Å²) in [6.07, 6.45) is 3.81. The number of carbonyl (C=O) groups is 1. The van der Waals surface area contributed by atoms with Crippen molar-refractivity contribution in [3.05, 3.63) is 12.3 Å². The van der Waals surface area contributed by atoms with E-state index in [1.54, 1.807) is 12.3 Å². The topological polar surface area (TPSA) is 26.3 Å². The molecule has 0 spiro atoms. The van der Waals surface area contributed by atoms with Crippen LogP contribution in [0.1, 0.15) is 6.42 Å². The van der Waals surface area contributed by atoms with Gasteiger partial charge in [0.15, 0.2) is 5.78 Å². The molecule has 0 saturated carbocycles. The Kier molecular flexibility index (Phi) is 1.11. The van der Waals surface area contributed by atoms with Crippen molar-refractivity contribution in [2.45, 2.75) is 6.42 Å². The highest BCUT2D eigenvalue weighted by atomic mass is 16.5. The quantitative estimate of drug-likeness (QED) is 0.440. The second-order valence-electron chi connectivity index (χ2n) is 1.43. The van der Waals surface area contributed by atoms with Gasteiger partial charge in [-0.15, -0.1) is 0 Å². The molecule has 2 heteroatoms. The van der Waals surface area contributed by atoms with Crippen LogP contribution in [0.15, 0.2) is 12.3 Å². The lowest BCUT2D eigenvalue weighted by atomic mass is 10.3. The second kappa shape index (κ2) is 1.78. The van der Waals surface area contributed by atoms with Gasteiger partial charge in [0.2, 0.25) is 0 Å². The molecule has 2 nitrogen and oxygen atoms in total. The fourth-order valence-corrected chi connectivity index (χ4v) is 0.448. The Bertz CT molecular complexity index is 105. The number of ketones is 1. The molecule has 0 saturated heterocycles. The summed E-state index contributed by atoms with van der Waals surface area (Å²) in [6, 6.07) is 0. The Morgan fingerprint density at radius 3 is 2.86 bits per heavy atom. The van der Waals surface area contributed by atoms with Crippen LogP contribution in [0.4, 0.5) is 0 Å². The Labute approximate surface area is 41.8 Å². The molecule has 0 amide bonds. The van der Waals surface area contributed by atoms with Gasteiger partial charge in [-0.3, -0.25) is 4.79 Å². The van der Waals surface area contributed by atoms with E-state index in [2.05, 4.69) is 4.74 Å². The van der Waals surface area contributed by atoms with Crippen molar-refractivity contribution in [1.82, 2.24) is 0 Å². The standard InChI is InChI=1S/C5H6O2/c6-5-2-1-3-7-4-5/h1,3H,2,4H2. The zero-order valence-corrected chi connectivity index (χ0v) is 3.89. The highest BCUT2D eigenvalue weighted by molar-refractivity contribution is 5.81. The first-order valence-corrected chi connectivity index (χ1v) is 2.18. The Morgan fingerprint density at radius 1 is 1.71 bits per heavy atom. The summed E-state index contributed by atoms with van der Waals surface area (Å²) >= 11 is 0. The fourth-order valence-electron chi connectivity index (χ4n) is 0.448. The molecule has 0 aliphatic carbocycles. The molecule has 1 aliphatic rings. The Hall–Kier alpha value is -0.790.